The second-order valence-corrected chi connectivity index (χ2v) is 8.99. The number of nitrogens with one attached hydrogen (secondary N) is 3. The number of rotatable bonds is 3. The van der Waals surface area contributed by atoms with Crippen molar-refractivity contribution < 1.29 is 4.79 Å². The molecule has 0 aliphatic carbocycles. The summed E-state index contributed by atoms with van der Waals surface area (Å²) in [6.07, 6.45) is 4.97. The normalized spacial score (nSPS) is 23.0. The Balaban J connectivity index is 1.20. The smallest absolute Gasteiger partial charge is 0.241 e. The molecule has 5 nitrogen and oxygen atoms in total. The van der Waals surface area contributed by atoms with Gasteiger partial charge in [0.15, 0.2) is 0 Å². The van der Waals surface area contributed by atoms with Crippen LogP contribution >= 0.6 is 15.9 Å². The summed E-state index contributed by atoms with van der Waals surface area (Å²) in [5.41, 5.74) is 10.3. The number of hydrazine groups is 1. The largest absolute Gasteiger partial charge is 0.361 e. The maximum absolute atomic E-state index is 13.0. The fourth-order valence-electron chi connectivity index (χ4n) is 4.69. The fraction of sp³-hybridized carbons (Fsp3) is 0.348. The SMILES string of the molecule is O=C(C1CC(c2ccc(Br)cc2)NN1)N1CCC(c2c[nH]c3ccccc23)CC1. The second kappa shape index (κ2) is 7.94. The number of benzene rings is 2. The quantitative estimate of drug-likeness (QED) is 0.556. The molecule has 1 aromatic heterocycles. The molecule has 5 rings (SSSR count). The number of halogens is 1. The molecule has 3 N–H and O–H groups in total. The number of aromatic amines is 1. The summed E-state index contributed by atoms with van der Waals surface area (Å²) < 4.78 is 1.07. The Morgan fingerprint density at radius 1 is 1.00 bits per heavy atom. The van der Waals surface area contributed by atoms with Crippen molar-refractivity contribution in [2.45, 2.75) is 37.3 Å². The summed E-state index contributed by atoms with van der Waals surface area (Å²) >= 11 is 3.47. The number of carbonyl (C=O) groups excluding carboxylic acids is 1. The van der Waals surface area contributed by atoms with Crippen LogP contribution in [0.4, 0.5) is 0 Å². The van der Waals surface area contributed by atoms with E-state index in [0.717, 1.165) is 36.8 Å². The second-order valence-electron chi connectivity index (χ2n) is 8.07. The number of hydrogen-bond donors (Lipinski definition) is 3. The van der Waals surface area contributed by atoms with E-state index in [1.165, 1.54) is 22.0 Å². The Bertz CT molecular complexity index is 1010. The van der Waals surface area contributed by atoms with E-state index < -0.39 is 0 Å². The Morgan fingerprint density at radius 3 is 2.55 bits per heavy atom. The molecule has 3 aromatic rings. The highest BCUT2D eigenvalue weighted by Crippen LogP contribution is 2.33. The number of piperidine rings is 1. The summed E-state index contributed by atoms with van der Waals surface area (Å²) in [7, 11) is 0. The molecular weight excluding hydrogens is 428 g/mol. The Morgan fingerprint density at radius 2 is 1.76 bits per heavy atom. The van der Waals surface area contributed by atoms with Crippen LogP contribution in [0.1, 0.15) is 42.3 Å². The number of likely N-dealkylation sites (tertiary alicyclic amines) is 1. The van der Waals surface area contributed by atoms with Crippen LogP contribution in [-0.4, -0.2) is 34.9 Å². The monoisotopic (exact) mass is 452 g/mol. The number of nitrogens with zero attached hydrogens (tertiary/aromatic N) is 1. The maximum atomic E-state index is 13.0. The summed E-state index contributed by atoms with van der Waals surface area (Å²) in [5, 5.41) is 1.32. The minimum absolute atomic E-state index is 0.159. The first-order chi connectivity index (χ1) is 14.2. The van der Waals surface area contributed by atoms with E-state index >= 15 is 0 Å². The van der Waals surface area contributed by atoms with Gasteiger partial charge >= 0.3 is 0 Å². The molecule has 0 bridgehead atoms. The molecule has 2 aromatic carbocycles. The highest BCUT2D eigenvalue weighted by atomic mass is 79.9. The first-order valence-electron chi connectivity index (χ1n) is 10.3. The van der Waals surface area contributed by atoms with E-state index in [4.69, 9.17) is 0 Å². The summed E-state index contributed by atoms with van der Waals surface area (Å²) in [6, 6.07) is 16.8. The number of hydrogen-bond acceptors (Lipinski definition) is 3. The average Bonchev–Trinajstić information content (AvgIpc) is 3.42. The van der Waals surface area contributed by atoms with E-state index in [0.29, 0.717) is 5.92 Å². The van der Waals surface area contributed by atoms with E-state index in [2.05, 4.69) is 74.4 Å². The molecule has 150 valence electrons. The lowest BCUT2D eigenvalue weighted by atomic mass is 9.89. The number of amides is 1. The summed E-state index contributed by atoms with van der Waals surface area (Å²) in [4.78, 5) is 18.5. The summed E-state index contributed by atoms with van der Waals surface area (Å²) in [6.45, 7) is 1.65. The van der Waals surface area contributed by atoms with Crippen molar-refractivity contribution in [2.75, 3.05) is 13.1 Å². The first-order valence-corrected chi connectivity index (χ1v) is 11.1. The number of aromatic nitrogens is 1. The predicted octanol–water partition coefficient (Wildman–Crippen LogP) is 4.24. The van der Waals surface area contributed by atoms with Crippen LogP contribution in [0, 0.1) is 0 Å². The van der Waals surface area contributed by atoms with E-state index in [9.17, 15) is 4.79 Å². The van der Waals surface area contributed by atoms with Crippen LogP contribution in [0.3, 0.4) is 0 Å². The van der Waals surface area contributed by atoms with E-state index in [1.54, 1.807) is 0 Å². The third-order valence-electron chi connectivity index (χ3n) is 6.34. The molecule has 0 radical (unpaired) electrons. The predicted molar refractivity (Wildman–Crippen MR) is 118 cm³/mol. The molecule has 2 atom stereocenters. The van der Waals surface area contributed by atoms with Crippen LogP contribution in [0.2, 0.25) is 0 Å². The molecule has 6 heteroatoms. The van der Waals surface area contributed by atoms with Crippen LogP contribution in [0.25, 0.3) is 10.9 Å². The molecule has 2 aliphatic heterocycles. The van der Waals surface area contributed by atoms with Crippen molar-refractivity contribution in [3.8, 4) is 0 Å². The van der Waals surface area contributed by atoms with Gasteiger partial charge in [0.25, 0.3) is 0 Å². The van der Waals surface area contributed by atoms with Gasteiger partial charge in [-0.2, -0.15) is 0 Å². The van der Waals surface area contributed by atoms with Gasteiger partial charge in [0, 0.05) is 40.7 Å². The lowest BCUT2D eigenvalue weighted by molar-refractivity contribution is -0.134. The number of H-pyrrole nitrogens is 1. The molecule has 0 saturated carbocycles. The van der Waals surface area contributed by atoms with Gasteiger partial charge in [0.1, 0.15) is 6.04 Å². The summed E-state index contributed by atoms with van der Waals surface area (Å²) in [5.74, 6) is 0.731. The third kappa shape index (κ3) is 3.72. The van der Waals surface area contributed by atoms with Gasteiger partial charge in [0.2, 0.25) is 5.91 Å². The number of fused-ring (bicyclic) bond motifs is 1. The Hall–Kier alpha value is -2.15. The molecule has 2 aliphatic rings. The van der Waals surface area contributed by atoms with Gasteiger partial charge in [-0.3, -0.25) is 4.79 Å². The van der Waals surface area contributed by atoms with Crippen molar-refractivity contribution in [1.82, 2.24) is 20.7 Å². The molecular formula is C23H25BrN4O. The zero-order chi connectivity index (χ0) is 19.8. The Kier molecular flexibility index (Phi) is 5.16. The topological polar surface area (TPSA) is 60.2 Å². The van der Waals surface area contributed by atoms with E-state index in [1.807, 2.05) is 17.0 Å². The number of para-hydroxylation sites is 1. The molecule has 1 amide bonds. The minimum atomic E-state index is -0.159. The lowest BCUT2D eigenvalue weighted by Crippen LogP contribution is -2.48. The van der Waals surface area contributed by atoms with Crippen LogP contribution < -0.4 is 10.9 Å². The van der Waals surface area contributed by atoms with Crippen molar-refractivity contribution in [2.24, 2.45) is 0 Å². The number of carbonyl (C=O) groups is 1. The van der Waals surface area contributed by atoms with Gasteiger partial charge in [-0.25, -0.2) is 10.9 Å². The van der Waals surface area contributed by atoms with Gasteiger partial charge in [-0.15, -0.1) is 0 Å². The zero-order valence-electron chi connectivity index (χ0n) is 16.2. The zero-order valence-corrected chi connectivity index (χ0v) is 17.8. The Labute approximate surface area is 179 Å². The van der Waals surface area contributed by atoms with Gasteiger partial charge < -0.3 is 9.88 Å². The highest BCUT2D eigenvalue weighted by Gasteiger charge is 2.34. The van der Waals surface area contributed by atoms with E-state index in [-0.39, 0.29) is 18.0 Å². The molecule has 2 saturated heterocycles. The lowest BCUT2D eigenvalue weighted by Gasteiger charge is -2.33. The molecule has 2 unspecified atom stereocenters. The molecule has 3 heterocycles. The van der Waals surface area contributed by atoms with Crippen LogP contribution in [0.15, 0.2) is 59.2 Å². The van der Waals surface area contributed by atoms with Crippen molar-refractivity contribution >= 4 is 32.7 Å². The van der Waals surface area contributed by atoms with Crippen LogP contribution in [-0.2, 0) is 4.79 Å². The fourth-order valence-corrected chi connectivity index (χ4v) is 4.96. The molecule has 0 spiro atoms. The highest BCUT2D eigenvalue weighted by molar-refractivity contribution is 9.10. The standard InChI is InChI=1S/C23H25BrN4O/c24-17-7-5-16(6-8-17)21-13-22(27-26-21)23(29)28-11-9-15(10-12-28)19-14-25-20-4-2-1-3-18(19)20/h1-8,14-15,21-22,25-27H,9-13H2. The third-order valence-corrected chi connectivity index (χ3v) is 6.87. The molecule has 29 heavy (non-hydrogen) atoms. The van der Waals surface area contributed by atoms with Gasteiger partial charge in [-0.05, 0) is 54.5 Å². The molecule has 2 fully saturated rings. The minimum Gasteiger partial charge on any atom is -0.361 e. The van der Waals surface area contributed by atoms with Crippen molar-refractivity contribution in [3.63, 3.8) is 0 Å². The van der Waals surface area contributed by atoms with Crippen molar-refractivity contribution in [1.29, 1.82) is 0 Å². The van der Waals surface area contributed by atoms with Gasteiger partial charge in [0.05, 0.1) is 0 Å². The average molecular weight is 453 g/mol. The van der Waals surface area contributed by atoms with Gasteiger partial charge in [-0.1, -0.05) is 46.3 Å². The van der Waals surface area contributed by atoms with Crippen molar-refractivity contribution in [3.05, 3.63) is 70.3 Å². The van der Waals surface area contributed by atoms with Crippen LogP contribution in [0.5, 0.6) is 0 Å². The maximum Gasteiger partial charge on any atom is 0.241 e. The first kappa shape index (κ1) is 18.9.